The molecule has 0 radical (unpaired) electrons. The van der Waals surface area contributed by atoms with E-state index in [2.05, 4.69) is 31.9 Å². The SMILES string of the molecule is CCC(CC(=N)N)N(C)C(C)Cc1ccccc1OC. The van der Waals surface area contributed by atoms with Crippen molar-refractivity contribution >= 4 is 5.84 Å². The Kier molecular flexibility index (Phi) is 6.52. The fourth-order valence-electron chi connectivity index (χ4n) is 2.52. The molecule has 0 aliphatic heterocycles. The van der Waals surface area contributed by atoms with E-state index in [1.165, 1.54) is 5.56 Å². The van der Waals surface area contributed by atoms with Gasteiger partial charge in [-0.05, 0) is 38.4 Å². The average Bonchev–Trinajstić information content (AvgIpc) is 2.44. The van der Waals surface area contributed by atoms with Crippen molar-refractivity contribution < 1.29 is 4.74 Å². The quantitative estimate of drug-likeness (QED) is 0.567. The maximum atomic E-state index is 7.48. The monoisotopic (exact) mass is 277 g/mol. The van der Waals surface area contributed by atoms with E-state index in [1.807, 2.05) is 18.2 Å². The van der Waals surface area contributed by atoms with Crippen LogP contribution in [0.3, 0.4) is 0 Å². The number of para-hydroxylation sites is 1. The number of amidine groups is 1. The number of methoxy groups -OCH3 is 1. The lowest BCUT2D eigenvalue weighted by Gasteiger charge is -2.32. The Balaban J connectivity index is 2.73. The second-order valence-electron chi connectivity index (χ2n) is 5.32. The van der Waals surface area contributed by atoms with Crippen molar-refractivity contribution in [2.75, 3.05) is 14.2 Å². The van der Waals surface area contributed by atoms with E-state index in [1.54, 1.807) is 7.11 Å². The Labute approximate surface area is 122 Å². The lowest BCUT2D eigenvalue weighted by atomic mass is 10.0. The summed E-state index contributed by atoms with van der Waals surface area (Å²) in [7, 11) is 3.81. The van der Waals surface area contributed by atoms with E-state index in [9.17, 15) is 0 Å². The number of rotatable bonds is 8. The van der Waals surface area contributed by atoms with Crippen LogP contribution >= 0.6 is 0 Å². The van der Waals surface area contributed by atoms with Crippen molar-refractivity contribution in [3.8, 4) is 5.75 Å². The summed E-state index contributed by atoms with van der Waals surface area (Å²) in [6.45, 7) is 4.34. The lowest BCUT2D eigenvalue weighted by Crippen LogP contribution is -2.41. The van der Waals surface area contributed by atoms with Crippen LogP contribution in [0, 0.1) is 5.41 Å². The Hall–Kier alpha value is -1.55. The first kappa shape index (κ1) is 16.5. The van der Waals surface area contributed by atoms with Crippen molar-refractivity contribution in [3.63, 3.8) is 0 Å². The largest absolute Gasteiger partial charge is 0.496 e. The van der Waals surface area contributed by atoms with Crippen molar-refractivity contribution in [1.82, 2.24) is 4.90 Å². The number of nitrogens with one attached hydrogen (secondary N) is 1. The Bertz CT molecular complexity index is 433. The third-order valence-electron chi connectivity index (χ3n) is 3.91. The molecule has 0 amide bonds. The van der Waals surface area contributed by atoms with Gasteiger partial charge in [-0.15, -0.1) is 0 Å². The molecule has 4 nitrogen and oxygen atoms in total. The van der Waals surface area contributed by atoms with Gasteiger partial charge in [-0.2, -0.15) is 0 Å². The van der Waals surface area contributed by atoms with Gasteiger partial charge in [0, 0.05) is 18.5 Å². The molecule has 0 saturated carbocycles. The number of ether oxygens (including phenoxy) is 1. The van der Waals surface area contributed by atoms with Gasteiger partial charge in [0.25, 0.3) is 0 Å². The van der Waals surface area contributed by atoms with Crippen LogP contribution in [0.4, 0.5) is 0 Å². The van der Waals surface area contributed by atoms with Gasteiger partial charge in [-0.3, -0.25) is 10.3 Å². The zero-order chi connectivity index (χ0) is 15.1. The minimum Gasteiger partial charge on any atom is -0.496 e. The first-order valence-electron chi connectivity index (χ1n) is 7.16. The van der Waals surface area contributed by atoms with E-state index in [0.717, 1.165) is 18.6 Å². The number of nitrogens with zero attached hydrogens (tertiary/aromatic N) is 1. The van der Waals surface area contributed by atoms with Crippen molar-refractivity contribution in [3.05, 3.63) is 29.8 Å². The highest BCUT2D eigenvalue weighted by Gasteiger charge is 2.20. The lowest BCUT2D eigenvalue weighted by molar-refractivity contribution is 0.181. The summed E-state index contributed by atoms with van der Waals surface area (Å²) in [4.78, 5) is 2.31. The highest BCUT2D eigenvalue weighted by atomic mass is 16.5. The number of hydrogen-bond acceptors (Lipinski definition) is 3. The Morgan fingerprint density at radius 1 is 1.40 bits per heavy atom. The van der Waals surface area contributed by atoms with Gasteiger partial charge in [0.05, 0.1) is 12.9 Å². The standard InChI is InChI=1S/C16H27N3O/c1-5-14(11-16(17)18)19(3)12(2)10-13-8-6-7-9-15(13)20-4/h6-9,12,14H,5,10-11H2,1-4H3,(H3,17,18). The topological polar surface area (TPSA) is 62.3 Å². The molecule has 2 unspecified atom stereocenters. The van der Waals surface area contributed by atoms with Crippen LogP contribution in [0.25, 0.3) is 0 Å². The molecule has 0 heterocycles. The molecule has 0 spiro atoms. The molecule has 4 heteroatoms. The average molecular weight is 277 g/mol. The second kappa shape index (κ2) is 7.90. The number of nitrogens with two attached hydrogens (primary N) is 1. The van der Waals surface area contributed by atoms with Crippen LogP contribution in [0.5, 0.6) is 5.75 Å². The summed E-state index contributed by atoms with van der Waals surface area (Å²) in [6.07, 6.45) is 2.55. The maximum Gasteiger partial charge on any atom is 0.122 e. The van der Waals surface area contributed by atoms with Gasteiger partial charge in [-0.1, -0.05) is 25.1 Å². The second-order valence-corrected chi connectivity index (χ2v) is 5.32. The van der Waals surface area contributed by atoms with Crippen LogP contribution in [-0.2, 0) is 6.42 Å². The zero-order valence-corrected chi connectivity index (χ0v) is 13.0. The molecule has 0 aliphatic carbocycles. The predicted molar refractivity (Wildman–Crippen MR) is 84.5 cm³/mol. The van der Waals surface area contributed by atoms with E-state index in [4.69, 9.17) is 15.9 Å². The molecule has 0 fully saturated rings. The molecule has 1 aromatic carbocycles. The van der Waals surface area contributed by atoms with Crippen LogP contribution in [0.1, 0.15) is 32.3 Å². The summed E-state index contributed by atoms with van der Waals surface area (Å²) >= 11 is 0. The van der Waals surface area contributed by atoms with E-state index in [0.29, 0.717) is 18.5 Å². The normalized spacial score (nSPS) is 14.1. The molecular weight excluding hydrogens is 250 g/mol. The summed E-state index contributed by atoms with van der Waals surface area (Å²) < 4.78 is 5.40. The molecule has 0 bridgehead atoms. The van der Waals surface area contributed by atoms with Gasteiger partial charge >= 0.3 is 0 Å². The fraction of sp³-hybridized carbons (Fsp3) is 0.562. The first-order chi connectivity index (χ1) is 9.49. The van der Waals surface area contributed by atoms with Gasteiger partial charge in [-0.25, -0.2) is 0 Å². The summed E-state index contributed by atoms with van der Waals surface area (Å²) in [5, 5.41) is 7.48. The number of hydrogen-bond donors (Lipinski definition) is 2. The van der Waals surface area contributed by atoms with Gasteiger partial charge in [0.15, 0.2) is 0 Å². The minimum absolute atomic E-state index is 0.258. The van der Waals surface area contributed by atoms with Crippen LogP contribution in [-0.4, -0.2) is 37.0 Å². The van der Waals surface area contributed by atoms with Crippen molar-refractivity contribution in [2.24, 2.45) is 5.73 Å². The van der Waals surface area contributed by atoms with E-state index in [-0.39, 0.29) is 5.84 Å². The van der Waals surface area contributed by atoms with Crippen molar-refractivity contribution in [1.29, 1.82) is 5.41 Å². The third-order valence-corrected chi connectivity index (χ3v) is 3.91. The zero-order valence-electron chi connectivity index (χ0n) is 13.0. The molecular formula is C16H27N3O. The highest BCUT2D eigenvalue weighted by Crippen LogP contribution is 2.21. The van der Waals surface area contributed by atoms with Gasteiger partial charge in [0.2, 0.25) is 0 Å². The maximum absolute atomic E-state index is 7.48. The molecule has 1 aromatic rings. The summed E-state index contributed by atoms with van der Waals surface area (Å²) in [6, 6.07) is 8.82. The number of benzene rings is 1. The first-order valence-corrected chi connectivity index (χ1v) is 7.16. The van der Waals surface area contributed by atoms with Gasteiger partial charge < -0.3 is 10.5 Å². The molecule has 0 aromatic heterocycles. The Morgan fingerprint density at radius 3 is 2.60 bits per heavy atom. The van der Waals surface area contributed by atoms with Crippen LogP contribution < -0.4 is 10.5 Å². The summed E-state index contributed by atoms with van der Waals surface area (Å²) in [5.74, 6) is 1.19. The molecule has 112 valence electrons. The van der Waals surface area contributed by atoms with Crippen LogP contribution in [0.15, 0.2) is 24.3 Å². The van der Waals surface area contributed by atoms with Crippen molar-refractivity contribution in [2.45, 2.75) is 45.2 Å². The van der Waals surface area contributed by atoms with E-state index < -0.39 is 0 Å². The van der Waals surface area contributed by atoms with Gasteiger partial charge in [0.1, 0.15) is 5.75 Å². The molecule has 2 atom stereocenters. The van der Waals surface area contributed by atoms with E-state index >= 15 is 0 Å². The molecule has 20 heavy (non-hydrogen) atoms. The minimum atomic E-state index is 0.258. The summed E-state index contributed by atoms with van der Waals surface area (Å²) in [5.41, 5.74) is 6.76. The molecule has 3 N–H and O–H groups in total. The number of likely N-dealkylation sites (N-methyl/N-ethyl adjacent to an activating group) is 1. The predicted octanol–water partition coefficient (Wildman–Crippen LogP) is 2.66. The van der Waals surface area contributed by atoms with Crippen LogP contribution in [0.2, 0.25) is 0 Å². The third kappa shape index (κ3) is 4.53. The highest BCUT2D eigenvalue weighted by molar-refractivity contribution is 5.77. The fourth-order valence-corrected chi connectivity index (χ4v) is 2.52. The molecule has 0 aliphatic rings. The smallest absolute Gasteiger partial charge is 0.122 e. The Morgan fingerprint density at radius 2 is 2.05 bits per heavy atom. The molecule has 1 rings (SSSR count). The molecule has 0 saturated heterocycles.